The molecule has 0 fully saturated rings. The van der Waals surface area contributed by atoms with E-state index in [1.807, 2.05) is 0 Å². The molecule has 0 radical (unpaired) electrons. The Balaban J connectivity index is 1.03. The maximum absolute atomic E-state index is 2.41. The van der Waals surface area contributed by atoms with Crippen LogP contribution in [0.5, 0.6) is 0 Å². The Morgan fingerprint density at radius 2 is 0.732 bits per heavy atom. The highest BCUT2D eigenvalue weighted by Crippen LogP contribution is 2.50. The molecule has 0 unspecified atom stereocenters. The molecule has 0 saturated heterocycles. The van der Waals surface area contributed by atoms with Crippen LogP contribution in [0.3, 0.4) is 0 Å². The van der Waals surface area contributed by atoms with Gasteiger partial charge in [-0.05, 0) is 132 Å². The van der Waals surface area contributed by atoms with Crippen molar-refractivity contribution in [2.24, 2.45) is 0 Å². The zero-order valence-electron chi connectivity index (χ0n) is 31.7. The largest absolute Gasteiger partial charge is 0.310 e. The van der Waals surface area contributed by atoms with Crippen molar-refractivity contribution in [2.75, 3.05) is 4.90 Å². The van der Waals surface area contributed by atoms with Gasteiger partial charge in [0.2, 0.25) is 0 Å². The summed E-state index contributed by atoms with van der Waals surface area (Å²) < 4.78 is 0. The average Bonchev–Trinajstić information content (AvgIpc) is 3.49. The number of nitrogens with zero attached hydrogens (tertiary/aromatic N) is 1. The van der Waals surface area contributed by atoms with Gasteiger partial charge in [0, 0.05) is 22.5 Å². The molecule has 1 heteroatoms. The highest BCUT2D eigenvalue weighted by molar-refractivity contribution is 5.89. The lowest BCUT2D eigenvalue weighted by Crippen LogP contribution is -2.16. The molecule has 0 bridgehead atoms. The third-order valence-electron chi connectivity index (χ3n) is 11.7. The number of benzene rings is 9. The van der Waals surface area contributed by atoms with Gasteiger partial charge in [0.15, 0.2) is 0 Å². The van der Waals surface area contributed by atoms with Gasteiger partial charge in [0.25, 0.3) is 0 Å². The molecule has 10 rings (SSSR count). The van der Waals surface area contributed by atoms with Crippen LogP contribution in [0.2, 0.25) is 0 Å². The summed E-state index contributed by atoms with van der Waals surface area (Å²) in [6.45, 7) is 4.70. The molecule has 1 aliphatic carbocycles. The molecule has 0 spiro atoms. The Morgan fingerprint density at radius 3 is 1.38 bits per heavy atom. The van der Waals surface area contributed by atoms with Crippen molar-refractivity contribution in [3.8, 4) is 55.6 Å². The van der Waals surface area contributed by atoms with E-state index >= 15 is 0 Å². The molecule has 56 heavy (non-hydrogen) atoms. The van der Waals surface area contributed by atoms with Crippen LogP contribution in [0.4, 0.5) is 17.1 Å². The first kappa shape index (κ1) is 33.6. The SMILES string of the molecule is CC1(C)c2ccccc2-c2ccc(N(c3ccc(-c4cccc(-c5ccccc5)c4)cc3)c3ccc(-c4cccc(-c5ccc6ccccc6c5)c4)cc3)cc21. The van der Waals surface area contributed by atoms with Gasteiger partial charge >= 0.3 is 0 Å². The van der Waals surface area contributed by atoms with Gasteiger partial charge in [-0.3, -0.25) is 0 Å². The predicted octanol–water partition coefficient (Wildman–Crippen LogP) is 15.3. The second-order valence-electron chi connectivity index (χ2n) is 15.4. The smallest absolute Gasteiger partial charge is 0.0465 e. The Kier molecular flexibility index (Phi) is 8.23. The molecule has 1 nitrogen and oxygen atoms in total. The van der Waals surface area contributed by atoms with Gasteiger partial charge in [-0.1, -0.05) is 172 Å². The molecule has 0 aliphatic heterocycles. The van der Waals surface area contributed by atoms with Crippen molar-refractivity contribution in [1.29, 1.82) is 0 Å². The van der Waals surface area contributed by atoms with Gasteiger partial charge in [-0.25, -0.2) is 0 Å². The minimum absolute atomic E-state index is 0.0961. The van der Waals surface area contributed by atoms with E-state index in [1.54, 1.807) is 0 Å². The maximum Gasteiger partial charge on any atom is 0.0465 e. The molecule has 0 N–H and O–H groups in total. The molecule has 0 amide bonds. The lowest BCUT2D eigenvalue weighted by Gasteiger charge is -2.28. The van der Waals surface area contributed by atoms with Crippen molar-refractivity contribution >= 4 is 27.8 Å². The van der Waals surface area contributed by atoms with Crippen LogP contribution in [-0.4, -0.2) is 0 Å². The Morgan fingerprint density at radius 1 is 0.286 bits per heavy atom. The molecular weight excluding hydrogens is 675 g/mol. The second-order valence-corrected chi connectivity index (χ2v) is 15.4. The Bertz CT molecular complexity index is 2860. The first-order chi connectivity index (χ1) is 27.5. The van der Waals surface area contributed by atoms with Crippen LogP contribution in [0.15, 0.2) is 212 Å². The summed E-state index contributed by atoms with van der Waals surface area (Å²) in [5, 5.41) is 2.52. The number of anilines is 3. The van der Waals surface area contributed by atoms with Crippen molar-refractivity contribution in [1.82, 2.24) is 0 Å². The average molecular weight is 716 g/mol. The maximum atomic E-state index is 2.41. The lowest BCUT2D eigenvalue weighted by molar-refractivity contribution is 0.660. The molecule has 9 aromatic rings. The van der Waals surface area contributed by atoms with Gasteiger partial charge in [-0.15, -0.1) is 0 Å². The fourth-order valence-electron chi connectivity index (χ4n) is 8.64. The highest BCUT2D eigenvalue weighted by Gasteiger charge is 2.35. The van der Waals surface area contributed by atoms with Gasteiger partial charge in [-0.2, -0.15) is 0 Å². The van der Waals surface area contributed by atoms with Crippen molar-refractivity contribution in [3.05, 3.63) is 223 Å². The van der Waals surface area contributed by atoms with E-state index in [0.717, 1.165) is 17.1 Å². The van der Waals surface area contributed by atoms with Crippen LogP contribution in [0.25, 0.3) is 66.4 Å². The molecule has 0 heterocycles. The third kappa shape index (κ3) is 5.99. The first-order valence-electron chi connectivity index (χ1n) is 19.5. The Labute approximate surface area is 329 Å². The zero-order chi connectivity index (χ0) is 37.6. The lowest BCUT2D eigenvalue weighted by atomic mass is 9.82. The van der Waals surface area contributed by atoms with Crippen molar-refractivity contribution in [2.45, 2.75) is 19.3 Å². The standard InChI is InChI=1S/C55H41N/c1-55(2)53-21-9-8-20-51(53)52-33-32-50(37-54(52)55)56(48-28-24-40(25-29-48)44-17-10-16-43(34-44)38-12-4-3-5-13-38)49-30-26-41(27-31-49)45-18-11-19-46(35-45)47-23-22-39-14-6-7-15-42(39)36-47/h3-37H,1-2H3. The minimum Gasteiger partial charge on any atom is -0.310 e. The molecule has 0 atom stereocenters. The van der Waals surface area contributed by atoms with E-state index in [0.29, 0.717) is 0 Å². The number of hydrogen-bond acceptors (Lipinski definition) is 1. The number of hydrogen-bond donors (Lipinski definition) is 0. The van der Waals surface area contributed by atoms with E-state index in [9.17, 15) is 0 Å². The topological polar surface area (TPSA) is 3.24 Å². The summed E-state index contributed by atoms with van der Waals surface area (Å²) in [5.74, 6) is 0. The van der Waals surface area contributed by atoms with Gasteiger partial charge in [0.1, 0.15) is 0 Å². The zero-order valence-corrected chi connectivity index (χ0v) is 31.7. The summed E-state index contributed by atoms with van der Waals surface area (Å²) in [5.41, 5.74) is 18.4. The van der Waals surface area contributed by atoms with E-state index in [2.05, 4.69) is 231 Å². The summed E-state index contributed by atoms with van der Waals surface area (Å²) >= 11 is 0. The molecule has 9 aromatic carbocycles. The summed E-state index contributed by atoms with van der Waals surface area (Å²) in [6.07, 6.45) is 0. The van der Waals surface area contributed by atoms with Crippen molar-refractivity contribution in [3.63, 3.8) is 0 Å². The van der Waals surface area contributed by atoms with Crippen LogP contribution in [-0.2, 0) is 5.41 Å². The van der Waals surface area contributed by atoms with Crippen LogP contribution in [0.1, 0.15) is 25.0 Å². The summed E-state index contributed by atoms with van der Waals surface area (Å²) in [7, 11) is 0. The van der Waals surface area contributed by atoms with Crippen LogP contribution >= 0.6 is 0 Å². The van der Waals surface area contributed by atoms with E-state index in [4.69, 9.17) is 0 Å². The Hall–Kier alpha value is -6.96. The van der Waals surface area contributed by atoms with Crippen LogP contribution < -0.4 is 4.90 Å². The van der Waals surface area contributed by atoms with E-state index < -0.39 is 0 Å². The molecule has 0 aromatic heterocycles. The van der Waals surface area contributed by atoms with Gasteiger partial charge < -0.3 is 4.90 Å². The highest BCUT2D eigenvalue weighted by atomic mass is 15.1. The minimum atomic E-state index is -0.0961. The first-order valence-corrected chi connectivity index (χ1v) is 19.5. The number of rotatable bonds is 7. The fourth-order valence-corrected chi connectivity index (χ4v) is 8.64. The van der Waals surface area contributed by atoms with Crippen LogP contribution in [0, 0.1) is 0 Å². The molecular formula is C55H41N. The fraction of sp³-hybridized carbons (Fsp3) is 0.0545. The van der Waals surface area contributed by atoms with E-state index in [-0.39, 0.29) is 5.41 Å². The molecule has 0 saturated carbocycles. The monoisotopic (exact) mass is 715 g/mol. The number of fused-ring (bicyclic) bond motifs is 4. The van der Waals surface area contributed by atoms with E-state index in [1.165, 1.54) is 77.5 Å². The quantitative estimate of drug-likeness (QED) is 0.159. The molecule has 266 valence electrons. The van der Waals surface area contributed by atoms with Gasteiger partial charge in [0.05, 0.1) is 0 Å². The van der Waals surface area contributed by atoms with Crippen molar-refractivity contribution < 1.29 is 0 Å². The predicted molar refractivity (Wildman–Crippen MR) is 238 cm³/mol. The third-order valence-corrected chi connectivity index (χ3v) is 11.7. The second kappa shape index (κ2) is 13.7. The summed E-state index contributed by atoms with van der Waals surface area (Å²) in [4.78, 5) is 2.40. The normalized spacial score (nSPS) is 12.6. The molecule has 1 aliphatic rings. The summed E-state index contributed by atoms with van der Waals surface area (Å²) in [6, 6.07) is 77.6.